The smallest absolute Gasteiger partial charge is 0.250 e. The van der Waals surface area contributed by atoms with E-state index in [9.17, 15) is 13.2 Å². The van der Waals surface area contributed by atoms with Crippen LogP contribution in [0.5, 0.6) is 0 Å². The van der Waals surface area contributed by atoms with Crippen molar-refractivity contribution in [2.24, 2.45) is 0 Å². The Morgan fingerprint density at radius 2 is 1.95 bits per heavy atom. The van der Waals surface area contributed by atoms with Gasteiger partial charge in [0.2, 0.25) is 5.91 Å². The van der Waals surface area contributed by atoms with E-state index in [1.165, 1.54) is 17.4 Å². The Balaban J connectivity index is 1.85. The number of carbonyl (C=O) groups excluding carboxylic acids is 1. The van der Waals surface area contributed by atoms with Gasteiger partial charge in [-0.2, -0.15) is 0 Å². The lowest BCUT2D eigenvalue weighted by atomic mass is 10.1. The van der Waals surface area contributed by atoms with Crippen LogP contribution < -0.4 is 10.0 Å². The van der Waals surface area contributed by atoms with Crippen LogP contribution in [0.1, 0.15) is 16.0 Å². The van der Waals surface area contributed by atoms with Crippen LogP contribution in [0.2, 0.25) is 0 Å². The van der Waals surface area contributed by atoms with Gasteiger partial charge in [0.1, 0.15) is 4.21 Å². The van der Waals surface area contributed by atoms with Crippen molar-refractivity contribution in [3.63, 3.8) is 0 Å². The standard InChI is InChI=1S/C15H18N2O3S2/c1-11-4-3-5-13(8-11)9-16-14(18)10-17-22(19,20)15-7-6-12(2)21-15/h3-8,17H,9-10H2,1-2H3,(H,16,18). The highest BCUT2D eigenvalue weighted by Gasteiger charge is 2.17. The highest BCUT2D eigenvalue weighted by atomic mass is 32.2. The third-order valence-corrected chi connectivity index (χ3v) is 5.87. The van der Waals surface area contributed by atoms with E-state index in [1.807, 2.05) is 38.1 Å². The Morgan fingerprint density at radius 1 is 1.18 bits per heavy atom. The van der Waals surface area contributed by atoms with E-state index in [-0.39, 0.29) is 16.7 Å². The van der Waals surface area contributed by atoms with Crippen molar-refractivity contribution in [2.75, 3.05) is 6.54 Å². The van der Waals surface area contributed by atoms with Crippen molar-refractivity contribution in [1.29, 1.82) is 0 Å². The molecule has 0 unspecified atom stereocenters. The Kier molecular flexibility index (Phi) is 5.33. The molecule has 0 radical (unpaired) electrons. The van der Waals surface area contributed by atoms with E-state index in [0.717, 1.165) is 16.0 Å². The number of hydrogen-bond acceptors (Lipinski definition) is 4. The van der Waals surface area contributed by atoms with Gasteiger partial charge in [-0.1, -0.05) is 29.8 Å². The lowest BCUT2D eigenvalue weighted by Crippen LogP contribution is -2.36. The molecule has 0 aliphatic rings. The van der Waals surface area contributed by atoms with E-state index >= 15 is 0 Å². The second kappa shape index (κ2) is 7.04. The quantitative estimate of drug-likeness (QED) is 0.845. The predicted molar refractivity (Wildman–Crippen MR) is 87.3 cm³/mol. The molecule has 0 aliphatic carbocycles. The van der Waals surface area contributed by atoms with E-state index < -0.39 is 10.0 Å². The molecule has 118 valence electrons. The summed E-state index contributed by atoms with van der Waals surface area (Å²) in [4.78, 5) is 12.7. The van der Waals surface area contributed by atoms with Crippen LogP contribution >= 0.6 is 11.3 Å². The van der Waals surface area contributed by atoms with Gasteiger partial charge in [-0.15, -0.1) is 11.3 Å². The molecule has 5 nitrogen and oxygen atoms in total. The Morgan fingerprint density at radius 3 is 2.59 bits per heavy atom. The van der Waals surface area contributed by atoms with Gasteiger partial charge in [-0.3, -0.25) is 4.79 Å². The van der Waals surface area contributed by atoms with Gasteiger partial charge in [0.15, 0.2) is 0 Å². The number of benzene rings is 1. The third kappa shape index (κ3) is 4.66. The average molecular weight is 338 g/mol. The fourth-order valence-electron chi connectivity index (χ4n) is 1.87. The summed E-state index contributed by atoms with van der Waals surface area (Å²) in [7, 11) is -3.62. The van der Waals surface area contributed by atoms with E-state index in [1.54, 1.807) is 6.07 Å². The molecule has 2 N–H and O–H groups in total. The number of thiophene rings is 1. The van der Waals surface area contributed by atoms with Crippen LogP contribution in [-0.4, -0.2) is 20.9 Å². The Hall–Kier alpha value is -1.70. The highest BCUT2D eigenvalue weighted by molar-refractivity contribution is 7.91. The number of hydrogen-bond donors (Lipinski definition) is 2. The van der Waals surface area contributed by atoms with Crippen molar-refractivity contribution >= 4 is 27.3 Å². The molecule has 1 aromatic heterocycles. The topological polar surface area (TPSA) is 75.3 Å². The Labute approximate surface area is 134 Å². The minimum Gasteiger partial charge on any atom is -0.351 e. The minimum atomic E-state index is -3.62. The van der Waals surface area contributed by atoms with Crippen molar-refractivity contribution in [3.05, 3.63) is 52.4 Å². The van der Waals surface area contributed by atoms with Gasteiger partial charge < -0.3 is 5.32 Å². The van der Waals surface area contributed by atoms with Gasteiger partial charge in [0.05, 0.1) is 6.54 Å². The zero-order chi connectivity index (χ0) is 16.2. The first-order valence-electron chi connectivity index (χ1n) is 6.75. The Bertz CT molecular complexity index is 767. The maximum Gasteiger partial charge on any atom is 0.250 e. The van der Waals surface area contributed by atoms with Gasteiger partial charge in [0.25, 0.3) is 10.0 Å². The third-order valence-electron chi connectivity index (χ3n) is 2.98. The molecule has 2 aromatic rings. The maximum absolute atomic E-state index is 12.0. The summed E-state index contributed by atoms with van der Waals surface area (Å²) in [6.07, 6.45) is 0. The number of amides is 1. The monoisotopic (exact) mass is 338 g/mol. The summed E-state index contributed by atoms with van der Waals surface area (Å²) in [5.74, 6) is -0.363. The molecule has 1 aromatic carbocycles. The van der Waals surface area contributed by atoms with Crippen molar-refractivity contribution in [2.45, 2.75) is 24.6 Å². The molecule has 22 heavy (non-hydrogen) atoms. The molecule has 0 aliphatic heterocycles. The molecule has 0 saturated heterocycles. The zero-order valence-corrected chi connectivity index (χ0v) is 14.1. The minimum absolute atomic E-state index is 0.219. The lowest BCUT2D eigenvalue weighted by Gasteiger charge is -2.07. The first-order valence-corrected chi connectivity index (χ1v) is 9.05. The number of rotatable bonds is 6. The lowest BCUT2D eigenvalue weighted by molar-refractivity contribution is -0.120. The number of carbonyl (C=O) groups is 1. The summed E-state index contributed by atoms with van der Waals surface area (Å²) in [6, 6.07) is 11.0. The van der Waals surface area contributed by atoms with E-state index in [0.29, 0.717) is 6.54 Å². The summed E-state index contributed by atoms with van der Waals surface area (Å²) in [6.45, 7) is 3.91. The van der Waals surface area contributed by atoms with Gasteiger partial charge in [-0.05, 0) is 31.5 Å². The SMILES string of the molecule is Cc1cccc(CNC(=O)CNS(=O)(=O)c2ccc(C)s2)c1. The fourth-order valence-corrected chi connectivity index (χ4v) is 4.18. The van der Waals surface area contributed by atoms with Crippen LogP contribution in [-0.2, 0) is 21.4 Å². The predicted octanol–water partition coefficient (Wildman–Crippen LogP) is 1.96. The van der Waals surface area contributed by atoms with Crippen LogP contribution in [0.4, 0.5) is 0 Å². The molecule has 1 heterocycles. The molecule has 0 saturated carbocycles. The molecule has 2 rings (SSSR count). The fraction of sp³-hybridized carbons (Fsp3) is 0.267. The summed E-state index contributed by atoms with van der Waals surface area (Å²) in [5.41, 5.74) is 2.09. The maximum atomic E-state index is 12.0. The molecular formula is C15H18N2O3S2. The summed E-state index contributed by atoms with van der Waals surface area (Å²) >= 11 is 1.18. The molecule has 1 amide bonds. The molecule has 0 fully saturated rings. The largest absolute Gasteiger partial charge is 0.351 e. The normalized spacial score (nSPS) is 11.4. The second-order valence-electron chi connectivity index (χ2n) is 4.96. The number of sulfonamides is 1. The van der Waals surface area contributed by atoms with Gasteiger partial charge >= 0.3 is 0 Å². The van der Waals surface area contributed by atoms with Crippen LogP contribution in [0.3, 0.4) is 0 Å². The van der Waals surface area contributed by atoms with Crippen LogP contribution in [0, 0.1) is 13.8 Å². The zero-order valence-electron chi connectivity index (χ0n) is 12.4. The second-order valence-corrected chi connectivity index (χ2v) is 8.24. The first-order chi connectivity index (χ1) is 10.4. The van der Waals surface area contributed by atoms with Crippen molar-refractivity contribution in [1.82, 2.24) is 10.0 Å². The number of nitrogens with one attached hydrogen (secondary N) is 2. The molecule has 0 spiro atoms. The first kappa shape index (κ1) is 16.7. The number of aryl methyl sites for hydroxylation is 2. The molecule has 0 bridgehead atoms. The van der Waals surface area contributed by atoms with E-state index in [4.69, 9.17) is 0 Å². The highest BCUT2D eigenvalue weighted by Crippen LogP contribution is 2.19. The molecular weight excluding hydrogens is 320 g/mol. The van der Waals surface area contributed by atoms with Crippen LogP contribution in [0.15, 0.2) is 40.6 Å². The van der Waals surface area contributed by atoms with Gasteiger partial charge in [0, 0.05) is 11.4 Å². The molecule has 0 atom stereocenters. The summed E-state index contributed by atoms with van der Waals surface area (Å²) in [5, 5.41) is 2.69. The molecule has 7 heteroatoms. The van der Waals surface area contributed by atoms with Crippen molar-refractivity contribution < 1.29 is 13.2 Å². The summed E-state index contributed by atoms with van der Waals surface area (Å²) < 4.78 is 26.5. The average Bonchev–Trinajstić information content (AvgIpc) is 2.91. The van der Waals surface area contributed by atoms with Crippen LogP contribution in [0.25, 0.3) is 0 Å². The van der Waals surface area contributed by atoms with Gasteiger partial charge in [-0.25, -0.2) is 13.1 Å². The van der Waals surface area contributed by atoms with Crippen molar-refractivity contribution in [3.8, 4) is 0 Å². The van der Waals surface area contributed by atoms with E-state index in [2.05, 4.69) is 10.0 Å².